The van der Waals surface area contributed by atoms with E-state index in [2.05, 4.69) is 16.8 Å². The summed E-state index contributed by atoms with van der Waals surface area (Å²) in [6.45, 7) is 7.76. The molecule has 1 aliphatic rings. The van der Waals surface area contributed by atoms with Crippen molar-refractivity contribution in [3.05, 3.63) is 0 Å². The molecule has 1 N–H and O–H groups in total. The fourth-order valence-corrected chi connectivity index (χ4v) is 1.95. The summed E-state index contributed by atoms with van der Waals surface area (Å²) in [5, 5.41) is 9.10. The van der Waals surface area contributed by atoms with Gasteiger partial charge in [-0.25, -0.2) is 4.79 Å². The molecule has 1 heterocycles. The van der Waals surface area contributed by atoms with E-state index in [9.17, 15) is 9.59 Å². The fourth-order valence-electron chi connectivity index (χ4n) is 1.95. The Morgan fingerprint density at radius 1 is 1.21 bits per heavy atom. The Labute approximate surface area is 115 Å². The zero-order valence-corrected chi connectivity index (χ0v) is 12.3. The molecule has 110 valence electrons. The van der Waals surface area contributed by atoms with E-state index in [-0.39, 0.29) is 5.91 Å². The van der Waals surface area contributed by atoms with Crippen LogP contribution < -0.4 is 0 Å². The van der Waals surface area contributed by atoms with E-state index in [0.717, 1.165) is 26.2 Å². The molecule has 6 heteroatoms. The zero-order chi connectivity index (χ0) is 14.6. The lowest BCUT2D eigenvalue weighted by Gasteiger charge is -2.34. The number of hydrogen-bond acceptors (Lipinski definition) is 4. The quantitative estimate of drug-likeness (QED) is 0.759. The number of amides is 1. The Morgan fingerprint density at radius 2 is 1.74 bits per heavy atom. The molecule has 0 atom stereocenters. The first kappa shape index (κ1) is 15.9. The molecule has 1 amide bonds. The zero-order valence-electron chi connectivity index (χ0n) is 12.3. The molecule has 19 heavy (non-hydrogen) atoms. The van der Waals surface area contributed by atoms with Gasteiger partial charge in [-0.15, -0.1) is 0 Å². The first-order valence-corrected chi connectivity index (χ1v) is 6.66. The van der Waals surface area contributed by atoms with Gasteiger partial charge in [0, 0.05) is 46.2 Å². The van der Waals surface area contributed by atoms with Crippen molar-refractivity contribution in [2.24, 2.45) is 0 Å². The number of piperazine rings is 1. The van der Waals surface area contributed by atoms with E-state index < -0.39 is 11.5 Å². The molecular formula is C13H25N3O3. The average molecular weight is 271 g/mol. The molecule has 1 fully saturated rings. The van der Waals surface area contributed by atoms with Gasteiger partial charge in [0.05, 0.1) is 0 Å². The van der Waals surface area contributed by atoms with Gasteiger partial charge < -0.3 is 19.8 Å². The lowest BCUT2D eigenvalue weighted by atomic mass is 10.0. The Kier molecular flexibility index (Phi) is 5.31. The Bertz CT molecular complexity index is 336. The number of carboxylic acids is 1. The highest BCUT2D eigenvalue weighted by Crippen LogP contribution is 2.14. The second kappa shape index (κ2) is 6.34. The van der Waals surface area contributed by atoms with Crippen LogP contribution in [0.15, 0.2) is 0 Å². The minimum Gasteiger partial charge on any atom is -0.480 e. The van der Waals surface area contributed by atoms with Gasteiger partial charge in [-0.1, -0.05) is 0 Å². The van der Waals surface area contributed by atoms with Crippen LogP contribution in [-0.2, 0) is 9.59 Å². The van der Waals surface area contributed by atoms with Crippen LogP contribution in [-0.4, -0.2) is 84.0 Å². The van der Waals surface area contributed by atoms with E-state index in [4.69, 9.17) is 5.11 Å². The van der Waals surface area contributed by atoms with Gasteiger partial charge in [0.2, 0.25) is 5.91 Å². The van der Waals surface area contributed by atoms with Crippen molar-refractivity contribution in [2.75, 3.05) is 46.8 Å². The van der Waals surface area contributed by atoms with E-state index >= 15 is 0 Å². The molecule has 0 aromatic heterocycles. The van der Waals surface area contributed by atoms with Gasteiger partial charge in [0.1, 0.15) is 5.54 Å². The number of rotatable bonds is 5. The molecule has 0 bridgehead atoms. The predicted molar refractivity (Wildman–Crippen MR) is 73.0 cm³/mol. The Hall–Kier alpha value is -1.14. The molecule has 1 rings (SSSR count). The number of carboxylic acid groups (broad SMARTS) is 1. The normalized spacial score (nSPS) is 18.3. The summed E-state index contributed by atoms with van der Waals surface area (Å²) in [4.78, 5) is 29.0. The summed E-state index contributed by atoms with van der Waals surface area (Å²) in [5.74, 6) is -1.10. The molecule has 0 saturated carbocycles. The van der Waals surface area contributed by atoms with Crippen LogP contribution in [0.1, 0.15) is 20.3 Å². The van der Waals surface area contributed by atoms with Crippen molar-refractivity contribution in [3.8, 4) is 0 Å². The second-order valence-corrected chi connectivity index (χ2v) is 5.71. The van der Waals surface area contributed by atoms with Crippen molar-refractivity contribution < 1.29 is 14.7 Å². The number of carbonyl (C=O) groups is 2. The van der Waals surface area contributed by atoms with Crippen LogP contribution in [0.25, 0.3) is 0 Å². The molecule has 0 unspecified atom stereocenters. The van der Waals surface area contributed by atoms with E-state index in [0.29, 0.717) is 13.0 Å². The highest BCUT2D eigenvalue weighted by atomic mass is 16.4. The largest absolute Gasteiger partial charge is 0.480 e. The van der Waals surface area contributed by atoms with Crippen LogP contribution in [0.4, 0.5) is 0 Å². The van der Waals surface area contributed by atoms with Gasteiger partial charge in [-0.05, 0) is 20.9 Å². The maximum absolute atomic E-state index is 12.0. The third-order valence-corrected chi connectivity index (χ3v) is 3.97. The third-order valence-electron chi connectivity index (χ3n) is 3.97. The Balaban J connectivity index is 2.41. The first-order chi connectivity index (χ1) is 8.75. The lowest BCUT2D eigenvalue weighted by molar-refractivity contribution is -0.155. The van der Waals surface area contributed by atoms with Crippen molar-refractivity contribution >= 4 is 11.9 Å². The number of carbonyl (C=O) groups excluding carboxylic acids is 1. The number of hydrogen-bond donors (Lipinski definition) is 1. The smallest absolute Gasteiger partial charge is 0.329 e. The van der Waals surface area contributed by atoms with Gasteiger partial charge >= 0.3 is 5.97 Å². The molecule has 1 aliphatic heterocycles. The lowest BCUT2D eigenvalue weighted by Crippen LogP contribution is -2.52. The van der Waals surface area contributed by atoms with E-state index in [1.165, 1.54) is 4.90 Å². The Morgan fingerprint density at radius 3 is 2.21 bits per heavy atom. The van der Waals surface area contributed by atoms with Gasteiger partial charge in [0.25, 0.3) is 0 Å². The molecule has 0 spiro atoms. The summed E-state index contributed by atoms with van der Waals surface area (Å²) in [6.07, 6.45) is 0.372. The van der Waals surface area contributed by atoms with Crippen LogP contribution >= 0.6 is 0 Å². The average Bonchev–Trinajstić information content (AvgIpc) is 2.36. The monoisotopic (exact) mass is 271 g/mol. The fraction of sp³-hybridized carbons (Fsp3) is 0.846. The summed E-state index contributed by atoms with van der Waals surface area (Å²) >= 11 is 0. The molecule has 1 saturated heterocycles. The standard InChI is InChI=1S/C13H25N3O3/c1-13(2,12(18)19)15(4)11(17)5-6-16-9-7-14(3)8-10-16/h5-10H2,1-4H3,(H,18,19). The van der Waals surface area contributed by atoms with Gasteiger partial charge in [-0.2, -0.15) is 0 Å². The minimum atomic E-state index is -1.15. The summed E-state index contributed by atoms with van der Waals surface area (Å²) < 4.78 is 0. The summed E-state index contributed by atoms with van der Waals surface area (Å²) in [5.41, 5.74) is -1.15. The summed E-state index contributed by atoms with van der Waals surface area (Å²) in [7, 11) is 3.64. The highest BCUT2D eigenvalue weighted by Gasteiger charge is 2.34. The van der Waals surface area contributed by atoms with Gasteiger partial charge in [-0.3, -0.25) is 4.79 Å². The third kappa shape index (κ3) is 4.18. The van der Waals surface area contributed by atoms with Crippen LogP contribution in [0.5, 0.6) is 0 Å². The van der Waals surface area contributed by atoms with Crippen molar-refractivity contribution in [1.82, 2.24) is 14.7 Å². The number of nitrogens with zero attached hydrogens (tertiary/aromatic N) is 3. The van der Waals surface area contributed by atoms with Crippen molar-refractivity contribution in [2.45, 2.75) is 25.8 Å². The molecule has 0 aromatic carbocycles. The van der Waals surface area contributed by atoms with Crippen LogP contribution in [0.2, 0.25) is 0 Å². The topological polar surface area (TPSA) is 64.1 Å². The predicted octanol–water partition coefficient (Wildman–Crippen LogP) is -0.0545. The SMILES string of the molecule is CN1CCN(CCC(=O)N(C)C(C)(C)C(=O)O)CC1. The number of aliphatic carboxylic acids is 1. The van der Waals surface area contributed by atoms with Gasteiger partial charge in [0.15, 0.2) is 0 Å². The van der Waals surface area contributed by atoms with Crippen molar-refractivity contribution in [3.63, 3.8) is 0 Å². The summed E-state index contributed by atoms with van der Waals surface area (Å²) in [6, 6.07) is 0. The molecule has 0 aliphatic carbocycles. The second-order valence-electron chi connectivity index (χ2n) is 5.71. The molecule has 0 aromatic rings. The minimum absolute atomic E-state index is 0.119. The van der Waals surface area contributed by atoms with E-state index in [1.807, 2.05) is 0 Å². The van der Waals surface area contributed by atoms with Crippen LogP contribution in [0, 0.1) is 0 Å². The first-order valence-electron chi connectivity index (χ1n) is 6.66. The van der Waals surface area contributed by atoms with Crippen LogP contribution in [0.3, 0.4) is 0 Å². The molecular weight excluding hydrogens is 246 g/mol. The maximum atomic E-state index is 12.0. The number of likely N-dealkylation sites (N-methyl/N-ethyl adjacent to an activating group) is 2. The highest BCUT2D eigenvalue weighted by molar-refractivity contribution is 5.86. The maximum Gasteiger partial charge on any atom is 0.329 e. The van der Waals surface area contributed by atoms with E-state index in [1.54, 1.807) is 20.9 Å². The molecule has 6 nitrogen and oxygen atoms in total. The molecule has 0 radical (unpaired) electrons. The van der Waals surface area contributed by atoms with Crippen molar-refractivity contribution in [1.29, 1.82) is 0 Å².